The van der Waals surface area contributed by atoms with Crippen LogP contribution in [0.1, 0.15) is 13.8 Å². The van der Waals surface area contributed by atoms with Crippen LogP contribution in [-0.2, 0) is 4.79 Å². The second kappa shape index (κ2) is 10.7. The van der Waals surface area contributed by atoms with Gasteiger partial charge in [-0.1, -0.05) is 5.57 Å². The molecule has 0 radical (unpaired) electrons. The fourth-order valence-electron chi connectivity index (χ4n) is 4.09. The molecule has 10 nitrogen and oxygen atoms in total. The summed E-state index contributed by atoms with van der Waals surface area (Å²) in [6, 6.07) is 9.38. The molecule has 0 saturated carbocycles. The molecule has 0 bridgehead atoms. The van der Waals surface area contributed by atoms with E-state index in [4.69, 9.17) is 4.98 Å². The average Bonchev–Trinajstić information content (AvgIpc) is 2.89. The molecule has 0 aromatic carbocycles. The molecule has 1 aliphatic rings. The van der Waals surface area contributed by atoms with Crippen LogP contribution in [0.15, 0.2) is 66.8 Å². The number of aromatic nitrogens is 5. The number of carbonyl (C=O) groups is 1. The van der Waals surface area contributed by atoms with E-state index < -0.39 is 0 Å². The fourth-order valence-corrected chi connectivity index (χ4v) is 4.09. The van der Waals surface area contributed by atoms with Gasteiger partial charge in [-0.2, -0.15) is 0 Å². The Balaban J connectivity index is 1.38. The number of pyridine rings is 3. The first-order valence-electron chi connectivity index (χ1n) is 12.2. The Kier molecular flexibility index (Phi) is 7.00. The molecule has 0 unspecified atom stereocenters. The lowest BCUT2D eigenvalue weighted by molar-refractivity contribution is -0.111. The summed E-state index contributed by atoms with van der Waals surface area (Å²) in [4.78, 5) is 39.6. The van der Waals surface area contributed by atoms with Gasteiger partial charge in [-0.3, -0.25) is 14.8 Å². The number of rotatable bonds is 6. The molecule has 0 atom stereocenters. The highest BCUT2D eigenvalue weighted by Gasteiger charge is 2.15. The maximum absolute atomic E-state index is 12.2. The fraction of sp³-hybridized carbons (Fsp3) is 0.259. The van der Waals surface area contributed by atoms with Crippen LogP contribution in [0.5, 0.6) is 0 Å². The Hall–Kier alpha value is -4.44. The number of carbonyl (C=O) groups excluding carboxylic acids is 1. The minimum atomic E-state index is -0.191. The molecule has 37 heavy (non-hydrogen) atoms. The number of fused-ring (bicyclic) bond motifs is 1. The van der Waals surface area contributed by atoms with Crippen molar-refractivity contribution in [3.8, 4) is 11.4 Å². The lowest BCUT2D eigenvalue weighted by atomic mass is 10.1. The SMILES string of the molecule is CC(C)=CC(=O)Nc1ccnc(-c2nccc3cnc(Nc4ccc(N5CCN(C)CC5)nc4)nc23)c1. The smallest absolute Gasteiger partial charge is 0.248 e. The van der Waals surface area contributed by atoms with Gasteiger partial charge in [0.2, 0.25) is 11.9 Å². The summed E-state index contributed by atoms with van der Waals surface area (Å²) >= 11 is 0. The van der Waals surface area contributed by atoms with Crippen molar-refractivity contribution in [2.45, 2.75) is 13.8 Å². The van der Waals surface area contributed by atoms with Gasteiger partial charge in [0.15, 0.2) is 0 Å². The minimum Gasteiger partial charge on any atom is -0.354 e. The highest BCUT2D eigenvalue weighted by atomic mass is 16.1. The number of nitrogens with one attached hydrogen (secondary N) is 2. The normalized spacial score (nSPS) is 13.9. The third-order valence-corrected chi connectivity index (χ3v) is 6.02. The zero-order chi connectivity index (χ0) is 25.8. The molecular weight excluding hydrogens is 466 g/mol. The van der Waals surface area contributed by atoms with Crippen molar-refractivity contribution in [3.05, 3.63) is 66.8 Å². The molecule has 188 valence electrons. The van der Waals surface area contributed by atoms with Gasteiger partial charge < -0.3 is 20.4 Å². The van der Waals surface area contributed by atoms with E-state index in [0.717, 1.165) is 48.6 Å². The number of allylic oxidation sites excluding steroid dienone is 1. The first kappa shape index (κ1) is 24.3. The van der Waals surface area contributed by atoms with Crippen LogP contribution in [0.3, 0.4) is 0 Å². The van der Waals surface area contributed by atoms with Crippen molar-refractivity contribution in [2.24, 2.45) is 0 Å². The molecule has 1 aliphatic heterocycles. The zero-order valence-electron chi connectivity index (χ0n) is 21.1. The van der Waals surface area contributed by atoms with E-state index in [-0.39, 0.29) is 5.91 Å². The second-order valence-electron chi connectivity index (χ2n) is 9.25. The number of hydrogen-bond acceptors (Lipinski definition) is 9. The van der Waals surface area contributed by atoms with E-state index in [2.05, 4.69) is 47.4 Å². The molecule has 1 amide bonds. The second-order valence-corrected chi connectivity index (χ2v) is 9.25. The van der Waals surface area contributed by atoms with Crippen molar-refractivity contribution in [1.29, 1.82) is 0 Å². The number of anilines is 4. The predicted molar refractivity (Wildman–Crippen MR) is 146 cm³/mol. The van der Waals surface area contributed by atoms with Crippen LogP contribution in [0.25, 0.3) is 22.3 Å². The maximum Gasteiger partial charge on any atom is 0.248 e. The summed E-state index contributed by atoms with van der Waals surface area (Å²) in [5, 5.41) is 6.94. The summed E-state index contributed by atoms with van der Waals surface area (Å²) in [6.07, 6.45) is 8.44. The predicted octanol–water partition coefficient (Wildman–Crippen LogP) is 3.88. The van der Waals surface area contributed by atoms with E-state index in [1.165, 1.54) is 0 Å². The van der Waals surface area contributed by atoms with Crippen LogP contribution in [0.4, 0.5) is 23.1 Å². The summed E-state index contributed by atoms with van der Waals surface area (Å²) in [6.45, 7) is 7.74. The average molecular weight is 496 g/mol. The number of nitrogens with zero attached hydrogens (tertiary/aromatic N) is 7. The minimum absolute atomic E-state index is 0.191. The number of piperazine rings is 1. The van der Waals surface area contributed by atoms with Crippen molar-refractivity contribution >= 4 is 40.0 Å². The topological polar surface area (TPSA) is 112 Å². The van der Waals surface area contributed by atoms with Gasteiger partial charge in [-0.15, -0.1) is 0 Å². The highest BCUT2D eigenvalue weighted by molar-refractivity contribution is 6.00. The Morgan fingerprint density at radius 2 is 1.73 bits per heavy atom. The van der Waals surface area contributed by atoms with Gasteiger partial charge in [0.25, 0.3) is 0 Å². The Morgan fingerprint density at radius 3 is 2.49 bits per heavy atom. The summed E-state index contributed by atoms with van der Waals surface area (Å²) in [5.74, 6) is 1.21. The Labute approximate surface area is 215 Å². The largest absolute Gasteiger partial charge is 0.354 e. The molecule has 0 spiro atoms. The van der Waals surface area contributed by atoms with Gasteiger partial charge >= 0.3 is 0 Å². The lowest BCUT2D eigenvalue weighted by Gasteiger charge is -2.33. The Bertz CT molecular complexity index is 1440. The van der Waals surface area contributed by atoms with Crippen LogP contribution in [0.2, 0.25) is 0 Å². The molecule has 1 fully saturated rings. The zero-order valence-corrected chi connectivity index (χ0v) is 21.1. The number of hydrogen-bond donors (Lipinski definition) is 2. The molecule has 4 aromatic heterocycles. The molecule has 5 heterocycles. The lowest BCUT2D eigenvalue weighted by Crippen LogP contribution is -2.44. The van der Waals surface area contributed by atoms with Crippen LogP contribution >= 0.6 is 0 Å². The summed E-state index contributed by atoms with van der Waals surface area (Å²) in [5.41, 5.74) is 4.20. The van der Waals surface area contributed by atoms with Gasteiger partial charge in [0, 0.05) is 61.9 Å². The first-order valence-corrected chi connectivity index (χ1v) is 12.2. The quantitative estimate of drug-likeness (QED) is 0.385. The van der Waals surface area contributed by atoms with Crippen LogP contribution < -0.4 is 15.5 Å². The van der Waals surface area contributed by atoms with E-state index in [1.54, 1.807) is 43.0 Å². The maximum atomic E-state index is 12.2. The molecule has 5 rings (SSSR count). The monoisotopic (exact) mass is 495 g/mol. The van der Waals surface area contributed by atoms with Crippen LogP contribution in [-0.4, -0.2) is 69.0 Å². The molecule has 2 N–H and O–H groups in total. The van der Waals surface area contributed by atoms with E-state index in [9.17, 15) is 4.79 Å². The third kappa shape index (κ3) is 5.87. The van der Waals surface area contributed by atoms with E-state index in [1.807, 2.05) is 32.0 Å². The van der Waals surface area contributed by atoms with E-state index >= 15 is 0 Å². The summed E-state index contributed by atoms with van der Waals surface area (Å²) < 4.78 is 0. The van der Waals surface area contributed by atoms with Crippen molar-refractivity contribution in [2.75, 3.05) is 48.8 Å². The van der Waals surface area contributed by atoms with Crippen LogP contribution in [0, 0.1) is 0 Å². The first-order chi connectivity index (χ1) is 17.9. The highest BCUT2D eigenvalue weighted by Crippen LogP contribution is 2.26. The Morgan fingerprint density at radius 1 is 0.919 bits per heavy atom. The molecule has 1 saturated heterocycles. The number of likely N-dealkylation sites (N-methyl/N-ethyl adjacent to an activating group) is 1. The summed E-state index contributed by atoms with van der Waals surface area (Å²) in [7, 11) is 2.14. The number of amides is 1. The van der Waals surface area contributed by atoms with Crippen molar-refractivity contribution in [1.82, 2.24) is 29.8 Å². The van der Waals surface area contributed by atoms with Crippen molar-refractivity contribution < 1.29 is 4.79 Å². The van der Waals surface area contributed by atoms with Crippen molar-refractivity contribution in [3.63, 3.8) is 0 Å². The standard InChI is InChI=1S/C27H29N9O/c1-18(2)14-24(37)32-20-7-9-28-22(15-20)26-25-19(6-8-29-26)16-31-27(34-25)33-21-4-5-23(30-17-21)36-12-10-35(3)11-13-36/h4-9,14-17H,10-13H2,1-3H3,(H,28,32,37)(H,31,33,34). The van der Waals surface area contributed by atoms with Gasteiger partial charge in [-0.25, -0.2) is 15.0 Å². The third-order valence-electron chi connectivity index (χ3n) is 6.02. The van der Waals surface area contributed by atoms with Gasteiger partial charge in [-0.05, 0) is 51.2 Å². The van der Waals surface area contributed by atoms with Gasteiger partial charge in [0.1, 0.15) is 17.0 Å². The van der Waals surface area contributed by atoms with Gasteiger partial charge in [0.05, 0.1) is 17.6 Å². The van der Waals surface area contributed by atoms with E-state index in [0.29, 0.717) is 28.5 Å². The molecule has 4 aromatic rings. The molecular formula is C27H29N9O. The molecule has 10 heteroatoms. The molecule has 0 aliphatic carbocycles.